The molecule has 1 aliphatic rings. The van der Waals surface area contributed by atoms with Gasteiger partial charge in [0.25, 0.3) is 5.91 Å². The summed E-state index contributed by atoms with van der Waals surface area (Å²) in [5, 5.41) is 1.08. The van der Waals surface area contributed by atoms with E-state index in [1.54, 1.807) is 11.2 Å². The van der Waals surface area contributed by atoms with Crippen LogP contribution in [0.25, 0.3) is 10.9 Å². The number of aromatic nitrogens is 3. The molecule has 0 atom stereocenters. The van der Waals surface area contributed by atoms with Crippen molar-refractivity contribution in [2.75, 3.05) is 7.05 Å². The molecule has 0 spiro atoms. The normalized spacial score (nSPS) is 13.5. The fourth-order valence-electron chi connectivity index (χ4n) is 3.82. The minimum Gasteiger partial charge on any atom is -0.348 e. The van der Waals surface area contributed by atoms with Crippen LogP contribution in [0, 0.1) is 13.8 Å². The first-order chi connectivity index (χ1) is 11.6. The van der Waals surface area contributed by atoms with Gasteiger partial charge >= 0.3 is 0 Å². The lowest BCUT2D eigenvalue weighted by molar-refractivity contribution is 0.0784. The Morgan fingerprint density at radius 1 is 1.38 bits per heavy atom. The Hall–Kier alpha value is -2.56. The van der Waals surface area contributed by atoms with Crippen LogP contribution in [0.2, 0.25) is 0 Å². The summed E-state index contributed by atoms with van der Waals surface area (Å²) < 4.78 is 2.31. The molecule has 0 saturated carbocycles. The Balaban J connectivity index is 1.76. The van der Waals surface area contributed by atoms with E-state index >= 15 is 0 Å². The maximum Gasteiger partial charge on any atom is 0.256 e. The first kappa shape index (κ1) is 15.0. The summed E-state index contributed by atoms with van der Waals surface area (Å²) in [5.74, 6) is 0.0673. The van der Waals surface area contributed by atoms with Gasteiger partial charge in [0.1, 0.15) is 0 Å². The maximum atomic E-state index is 13.2. The van der Waals surface area contributed by atoms with Gasteiger partial charge in [-0.25, -0.2) is 4.98 Å². The second-order valence-electron chi connectivity index (χ2n) is 6.66. The summed E-state index contributed by atoms with van der Waals surface area (Å²) in [4.78, 5) is 22.3. The number of aromatic amines is 1. The fourth-order valence-corrected chi connectivity index (χ4v) is 3.82. The molecule has 5 heteroatoms. The number of carbonyl (C=O) groups excluding carboxylic acids is 1. The Morgan fingerprint density at radius 2 is 2.21 bits per heavy atom. The Kier molecular flexibility index (Phi) is 3.44. The molecule has 3 aromatic rings. The molecule has 0 unspecified atom stereocenters. The third kappa shape index (κ3) is 2.15. The van der Waals surface area contributed by atoms with Crippen molar-refractivity contribution in [2.45, 2.75) is 39.8 Å². The Bertz CT molecular complexity index is 934. The van der Waals surface area contributed by atoms with Crippen molar-refractivity contribution in [3.05, 3.63) is 52.7 Å². The smallest absolute Gasteiger partial charge is 0.256 e. The summed E-state index contributed by atoms with van der Waals surface area (Å²) in [7, 11) is 1.85. The molecule has 5 nitrogen and oxygen atoms in total. The number of carbonyl (C=O) groups is 1. The number of amides is 1. The molecular formula is C19H22N4O. The number of aryl methyl sites for hydroxylation is 3. The molecule has 3 heterocycles. The van der Waals surface area contributed by atoms with Crippen molar-refractivity contribution < 1.29 is 4.79 Å². The van der Waals surface area contributed by atoms with E-state index in [1.165, 1.54) is 11.1 Å². The van der Waals surface area contributed by atoms with E-state index < -0.39 is 0 Å². The molecule has 4 rings (SSSR count). The minimum absolute atomic E-state index is 0.0673. The van der Waals surface area contributed by atoms with Crippen LogP contribution in [-0.4, -0.2) is 32.4 Å². The molecule has 0 bridgehead atoms. The quantitative estimate of drug-likeness (QED) is 0.805. The van der Waals surface area contributed by atoms with Crippen LogP contribution >= 0.6 is 0 Å². The van der Waals surface area contributed by atoms with Gasteiger partial charge in [-0.15, -0.1) is 0 Å². The zero-order valence-corrected chi connectivity index (χ0v) is 14.4. The number of para-hydroxylation sites is 1. The lowest BCUT2D eigenvalue weighted by Crippen LogP contribution is -2.27. The monoisotopic (exact) mass is 322 g/mol. The summed E-state index contributed by atoms with van der Waals surface area (Å²) in [6.45, 7) is 5.55. The van der Waals surface area contributed by atoms with Gasteiger partial charge in [-0.2, -0.15) is 0 Å². The third-order valence-electron chi connectivity index (χ3n) is 5.14. The maximum absolute atomic E-state index is 13.2. The van der Waals surface area contributed by atoms with Gasteiger partial charge in [-0.1, -0.05) is 18.2 Å². The average molecular weight is 322 g/mol. The van der Waals surface area contributed by atoms with Gasteiger partial charge in [-0.3, -0.25) is 4.79 Å². The molecule has 1 aromatic carbocycles. The van der Waals surface area contributed by atoms with Crippen molar-refractivity contribution in [3.8, 4) is 0 Å². The molecule has 2 aromatic heterocycles. The highest BCUT2D eigenvalue weighted by Crippen LogP contribution is 2.33. The van der Waals surface area contributed by atoms with Crippen molar-refractivity contribution in [1.82, 2.24) is 19.4 Å². The summed E-state index contributed by atoms with van der Waals surface area (Å²) in [5.41, 5.74) is 6.43. The highest BCUT2D eigenvalue weighted by Gasteiger charge is 2.25. The predicted octanol–water partition coefficient (Wildman–Crippen LogP) is 3.20. The average Bonchev–Trinajstić information content (AvgIpc) is 3.11. The number of hydrogen-bond acceptors (Lipinski definition) is 2. The van der Waals surface area contributed by atoms with Gasteiger partial charge in [-0.05, 0) is 32.3 Å². The molecule has 0 aliphatic carbocycles. The minimum atomic E-state index is 0.0673. The molecule has 1 N–H and O–H groups in total. The van der Waals surface area contributed by atoms with Gasteiger partial charge in [0.05, 0.1) is 29.6 Å². The van der Waals surface area contributed by atoms with Crippen molar-refractivity contribution in [3.63, 3.8) is 0 Å². The number of H-pyrrole nitrogens is 1. The van der Waals surface area contributed by atoms with Crippen LogP contribution in [0.15, 0.2) is 24.5 Å². The number of rotatable bonds is 3. The molecule has 1 aliphatic heterocycles. The second-order valence-corrected chi connectivity index (χ2v) is 6.66. The molecule has 0 saturated heterocycles. The Morgan fingerprint density at radius 3 is 2.96 bits per heavy atom. The van der Waals surface area contributed by atoms with Crippen molar-refractivity contribution in [1.29, 1.82) is 0 Å². The highest BCUT2D eigenvalue weighted by molar-refractivity contribution is 6.09. The molecule has 0 fully saturated rings. The lowest BCUT2D eigenvalue weighted by Gasteiger charge is -2.17. The first-order valence-corrected chi connectivity index (χ1v) is 8.43. The van der Waals surface area contributed by atoms with E-state index in [1.807, 2.05) is 14.0 Å². The largest absolute Gasteiger partial charge is 0.348 e. The van der Waals surface area contributed by atoms with E-state index in [0.29, 0.717) is 6.54 Å². The standard InChI is InChI=1S/C19H22N4O/c1-12-16(21-11-20-12)10-22(3)19(24)17-13(2)23-9-5-7-14-6-4-8-15(17)18(14)23/h4,6,8,11H,5,7,9-10H2,1-3H3,(H,20,21). The zero-order valence-electron chi connectivity index (χ0n) is 14.4. The lowest BCUT2D eigenvalue weighted by atomic mass is 10.0. The summed E-state index contributed by atoms with van der Waals surface area (Å²) >= 11 is 0. The molecular weight excluding hydrogens is 300 g/mol. The van der Waals surface area contributed by atoms with Gasteiger partial charge in [0.15, 0.2) is 0 Å². The van der Waals surface area contributed by atoms with E-state index in [-0.39, 0.29) is 5.91 Å². The number of imidazole rings is 1. The topological polar surface area (TPSA) is 53.9 Å². The fraction of sp³-hybridized carbons (Fsp3) is 0.368. The van der Waals surface area contributed by atoms with Crippen LogP contribution in [0.3, 0.4) is 0 Å². The number of nitrogens with one attached hydrogen (secondary N) is 1. The Labute approximate surface area is 141 Å². The first-order valence-electron chi connectivity index (χ1n) is 8.43. The molecule has 24 heavy (non-hydrogen) atoms. The highest BCUT2D eigenvalue weighted by atomic mass is 16.2. The number of benzene rings is 1. The van der Waals surface area contributed by atoms with Crippen LogP contribution in [0.5, 0.6) is 0 Å². The van der Waals surface area contributed by atoms with E-state index in [4.69, 9.17) is 0 Å². The number of hydrogen-bond donors (Lipinski definition) is 1. The van der Waals surface area contributed by atoms with Crippen molar-refractivity contribution in [2.24, 2.45) is 0 Å². The van der Waals surface area contributed by atoms with Crippen LogP contribution < -0.4 is 0 Å². The molecule has 1 amide bonds. The SMILES string of the molecule is Cc1[nH]cnc1CN(C)C(=O)c1c(C)n2c3c(cccc13)CCC2. The zero-order chi connectivity index (χ0) is 16.8. The summed E-state index contributed by atoms with van der Waals surface area (Å²) in [6.07, 6.45) is 3.91. The predicted molar refractivity (Wildman–Crippen MR) is 94.1 cm³/mol. The van der Waals surface area contributed by atoms with E-state index in [9.17, 15) is 4.79 Å². The van der Waals surface area contributed by atoms with Gasteiger partial charge < -0.3 is 14.5 Å². The van der Waals surface area contributed by atoms with Gasteiger partial charge in [0, 0.05) is 30.4 Å². The van der Waals surface area contributed by atoms with E-state index in [0.717, 1.165) is 47.4 Å². The van der Waals surface area contributed by atoms with Crippen LogP contribution in [0.4, 0.5) is 0 Å². The number of nitrogens with zero attached hydrogens (tertiary/aromatic N) is 3. The molecule has 124 valence electrons. The van der Waals surface area contributed by atoms with Crippen LogP contribution in [0.1, 0.15) is 39.4 Å². The summed E-state index contributed by atoms with van der Waals surface area (Å²) in [6, 6.07) is 6.33. The third-order valence-corrected chi connectivity index (χ3v) is 5.14. The second kappa shape index (κ2) is 5.51. The van der Waals surface area contributed by atoms with Crippen molar-refractivity contribution >= 4 is 16.8 Å². The van der Waals surface area contributed by atoms with Gasteiger partial charge in [0.2, 0.25) is 0 Å². The molecule has 0 radical (unpaired) electrons. The van der Waals surface area contributed by atoms with E-state index in [2.05, 4.69) is 39.7 Å². The van der Waals surface area contributed by atoms with Crippen LogP contribution in [-0.2, 0) is 19.5 Å².